The van der Waals surface area contributed by atoms with Gasteiger partial charge in [-0.05, 0) is 62.4 Å². The van der Waals surface area contributed by atoms with E-state index in [4.69, 9.17) is 16.7 Å². The van der Waals surface area contributed by atoms with E-state index in [1.54, 1.807) is 13.0 Å². The van der Waals surface area contributed by atoms with Crippen molar-refractivity contribution >= 4 is 40.9 Å². The van der Waals surface area contributed by atoms with Crippen molar-refractivity contribution in [2.75, 3.05) is 5.32 Å². The number of aromatic nitrogens is 1. The van der Waals surface area contributed by atoms with Crippen molar-refractivity contribution in [1.82, 2.24) is 4.98 Å². The van der Waals surface area contributed by atoms with Gasteiger partial charge in [-0.25, -0.2) is 9.78 Å². The third-order valence-corrected chi connectivity index (χ3v) is 6.19. The van der Waals surface area contributed by atoms with Crippen molar-refractivity contribution in [3.05, 3.63) is 51.7 Å². The van der Waals surface area contributed by atoms with Gasteiger partial charge in [-0.15, -0.1) is 0 Å². The average Bonchev–Trinajstić information content (AvgIpc) is 2.93. The molecule has 29 heavy (non-hydrogen) atoms. The molecule has 0 bridgehead atoms. The number of fused-ring (bicyclic) bond motifs is 1. The van der Waals surface area contributed by atoms with Crippen LogP contribution in [0.2, 0.25) is 5.02 Å². The number of thioether (sulfide) groups is 1. The van der Waals surface area contributed by atoms with Crippen molar-refractivity contribution in [2.24, 2.45) is 0 Å². The van der Waals surface area contributed by atoms with E-state index in [0.717, 1.165) is 43.4 Å². The van der Waals surface area contributed by atoms with Gasteiger partial charge in [-0.1, -0.05) is 29.8 Å². The molecule has 0 spiro atoms. The Morgan fingerprint density at radius 2 is 2.03 bits per heavy atom. The topological polar surface area (TPSA) is 103 Å². The van der Waals surface area contributed by atoms with Gasteiger partial charge < -0.3 is 10.4 Å². The van der Waals surface area contributed by atoms with Crippen LogP contribution in [0.4, 0.5) is 5.69 Å². The maximum Gasteiger partial charge on any atom is 0.337 e. The first-order chi connectivity index (χ1) is 13.9. The molecular weight excluding hydrogens is 410 g/mol. The zero-order valence-corrected chi connectivity index (χ0v) is 17.4. The summed E-state index contributed by atoms with van der Waals surface area (Å²) in [5.41, 5.74) is 2.89. The highest BCUT2D eigenvalue weighted by Crippen LogP contribution is 2.30. The zero-order chi connectivity index (χ0) is 21.0. The van der Waals surface area contributed by atoms with E-state index >= 15 is 0 Å². The normalized spacial score (nSPS) is 14.2. The lowest BCUT2D eigenvalue weighted by atomic mass is 10.1. The number of carboxylic acids is 1. The Labute approximate surface area is 178 Å². The van der Waals surface area contributed by atoms with Gasteiger partial charge in [0.15, 0.2) is 0 Å². The first kappa shape index (κ1) is 21.2. The molecule has 1 unspecified atom stereocenters. The molecule has 8 heteroatoms. The summed E-state index contributed by atoms with van der Waals surface area (Å²) in [4.78, 5) is 28.5. The molecular formula is C21H20ClN3O3S. The molecule has 1 aliphatic rings. The monoisotopic (exact) mass is 429 g/mol. The molecule has 1 aromatic heterocycles. The number of halogens is 1. The van der Waals surface area contributed by atoms with E-state index in [2.05, 4.69) is 16.4 Å². The second kappa shape index (κ2) is 9.29. The molecule has 0 fully saturated rings. The highest BCUT2D eigenvalue weighted by atomic mass is 35.5. The smallest absolute Gasteiger partial charge is 0.337 e. The van der Waals surface area contributed by atoms with Gasteiger partial charge in [0, 0.05) is 11.4 Å². The molecule has 2 N–H and O–H groups in total. The Kier molecular flexibility index (Phi) is 6.78. The molecule has 0 saturated heterocycles. The summed E-state index contributed by atoms with van der Waals surface area (Å²) in [6.45, 7) is 1.72. The number of aromatic carboxylic acids is 1. The summed E-state index contributed by atoms with van der Waals surface area (Å²) in [7, 11) is 0. The minimum Gasteiger partial charge on any atom is -0.478 e. The molecule has 1 aromatic carbocycles. The summed E-state index contributed by atoms with van der Waals surface area (Å²) >= 11 is 7.09. The highest BCUT2D eigenvalue weighted by Gasteiger charge is 2.21. The fourth-order valence-corrected chi connectivity index (χ4v) is 4.29. The van der Waals surface area contributed by atoms with Crippen LogP contribution >= 0.6 is 23.4 Å². The third-order valence-electron chi connectivity index (χ3n) is 4.76. The van der Waals surface area contributed by atoms with Crippen LogP contribution in [-0.2, 0) is 17.6 Å². The number of carbonyl (C=O) groups excluding carboxylic acids is 1. The number of aryl methyl sites for hydroxylation is 2. The van der Waals surface area contributed by atoms with Gasteiger partial charge >= 0.3 is 5.97 Å². The van der Waals surface area contributed by atoms with Crippen LogP contribution in [0.3, 0.4) is 0 Å². The Morgan fingerprint density at radius 3 is 2.76 bits per heavy atom. The first-order valence-corrected chi connectivity index (χ1v) is 10.6. The van der Waals surface area contributed by atoms with Crippen molar-refractivity contribution in [3.63, 3.8) is 0 Å². The molecule has 0 saturated carbocycles. The van der Waals surface area contributed by atoms with Crippen LogP contribution in [0.5, 0.6) is 0 Å². The van der Waals surface area contributed by atoms with E-state index in [1.165, 1.54) is 23.9 Å². The quantitative estimate of drug-likeness (QED) is 0.527. The predicted molar refractivity (Wildman–Crippen MR) is 113 cm³/mol. The lowest BCUT2D eigenvalue weighted by Crippen LogP contribution is -2.23. The van der Waals surface area contributed by atoms with Crippen molar-refractivity contribution < 1.29 is 14.7 Å². The molecule has 1 heterocycles. The molecule has 3 rings (SSSR count). The summed E-state index contributed by atoms with van der Waals surface area (Å²) < 4.78 is 0. The number of hydrogen-bond acceptors (Lipinski definition) is 5. The number of pyridine rings is 1. The molecule has 6 nitrogen and oxygen atoms in total. The number of nitriles is 1. The molecule has 0 radical (unpaired) electrons. The van der Waals surface area contributed by atoms with E-state index in [9.17, 15) is 14.9 Å². The number of benzene rings is 1. The van der Waals surface area contributed by atoms with Crippen molar-refractivity contribution in [2.45, 2.75) is 49.3 Å². The summed E-state index contributed by atoms with van der Waals surface area (Å²) in [6.07, 6.45) is 5.15. The number of hydrogen-bond donors (Lipinski definition) is 2. The SMILES string of the molecule is CC(Sc1nc2c(cc1C#N)CCCCC2)C(=O)Nc1ccc(Cl)c(C(=O)O)c1. The minimum absolute atomic E-state index is 0.0797. The second-order valence-corrected chi connectivity index (χ2v) is 8.61. The van der Waals surface area contributed by atoms with Gasteiger partial charge in [0.25, 0.3) is 0 Å². The third kappa shape index (κ3) is 5.08. The number of nitrogens with one attached hydrogen (secondary N) is 1. The fraction of sp³-hybridized carbons (Fsp3) is 0.333. The number of carbonyl (C=O) groups is 2. The Balaban J connectivity index is 1.76. The zero-order valence-electron chi connectivity index (χ0n) is 15.9. The van der Waals surface area contributed by atoms with Gasteiger partial charge in [0.05, 0.1) is 21.4 Å². The number of rotatable bonds is 5. The van der Waals surface area contributed by atoms with Crippen molar-refractivity contribution in [3.8, 4) is 6.07 Å². The van der Waals surface area contributed by atoms with E-state index in [0.29, 0.717) is 16.3 Å². The Hall–Kier alpha value is -2.56. The summed E-state index contributed by atoms with van der Waals surface area (Å²) in [5, 5.41) is 21.5. The van der Waals surface area contributed by atoms with Gasteiger partial charge in [-0.3, -0.25) is 4.79 Å². The molecule has 2 aromatic rings. The van der Waals surface area contributed by atoms with E-state index < -0.39 is 11.2 Å². The van der Waals surface area contributed by atoms with Crippen LogP contribution in [0.15, 0.2) is 29.3 Å². The fourth-order valence-electron chi connectivity index (χ4n) is 3.19. The largest absolute Gasteiger partial charge is 0.478 e. The number of amides is 1. The summed E-state index contributed by atoms with van der Waals surface area (Å²) in [5.74, 6) is -1.48. The first-order valence-electron chi connectivity index (χ1n) is 9.32. The number of carboxylic acid groups (broad SMARTS) is 1. The molecule has 1 aliphatic carbocycles. The number of anilines is 1. The van der Waals surface area contributed by atoms with Crippen molar-refractivity contribution in [1.29, 1.82) is 5.26 Å². The van der Waals surface area contributed by atoms with Crippen LogP contribution in [0.25, 0.3) is 0 Å². The molecule has 1 amide bonds. The molecule has 0 aliphatic heterocycles. The van der Waals surface area contributed by atoms with Crippen LogP contribution in [0, 0.1) is 11.3 Å². The Morgan fingerprint density at radius 1 is 1.28 bits per heavy atom. The standard InChI is InChI=1S/C21H20ClN3O3S/c1-12(19(26)24-15-7-8-17(22)16(10-15)21(27)28)29-20-14(11-23)9-13-5-3-2-4-6-18(13)25-20/h7-10,12H,2-6H2,1H3,(H,24,26)(H,27,28). The van der Waals surface area contributed by atoms with Gasteiger partial charge in [-0.2, -0.15) is 5.26 Å². The van der Waals surface area contributed by atoms with Crippen LogP contribution < -0.4 is 5.32 Å². The maximum absolute atomic E-state index is 12.6. The van der Waals surface area contributed by atoms with E-state index in [1.807, 2.05) is 6.07 Å². The van der Waals surface area contributed by atoms with Gasteiger partial charge in [0.1, 0.15) is 11.1 Å². The lowest BCUT2D eigenvalue weighted by Gasteiger charge is -2.15. The predicted octanol–water partition coefficient (Wildman–Crippen LogP) is 4.69. The summed E-state index contributed by atoms with van der Waals surface area (Å²) in [6, 6.07) is 8.39. The Bertz CT molecular complexity index is 1000. The number of nitrogens with zero attached hydrogens (tertiary/aromatic N) is 2. The lowest BCUT2D eigenvalue weighted by molar-refractivity contribution is -0.115. The van der Waals surface area contributed by atoms with Gasteiger partial charge in [0.2, 0.25) is 5.91 Å². The average molecular weight is 430 g/mol. The van der Waals surface area contributed by atoms with E-state index in [-0.39, 0.29) is 16.5 Å². The van der Waals surface area contributed by atoms with Crippen LogP contribution in [-0.4, -0.2) is 27.2 Å². The minimum atomic E-state index is -1.17. The highest BCUT2D eigenvalue weighted by molar-refractivity contribution is 8.00. The second-order valence-electron chi connectivity index (χ2n) is 6.87. The van der Waals surface area contributed by atoms with Crippen LogP contribution in [0.1, 0.15) is 53.4 Å². The molecule has 150 valence electrons. The maximum atomic E-state index is 12.6. The molecule has 1 atom stereocenters.